The molecule has 1 N–H and O–H groups in total. The lowest BCUT2D eigenvalue weighted by Crippen LogP contribution is -2.19. The number of nitrogens with one attached hydrogen (secondary N) is 1. The normalized spacial score (nSPS) is 21.0. The average molecular weight is 178 g/mol. The van der Waals surface area contributed by atoms with E-state index in [1.54, 1.807) is 6.20 Å². The van der Waals surface area contributed by atoms with Crippen LogP contribution >= 0.6 is 0 Å². The van der Waals surface area contributed by atoms with Crippen molar-refractivity contribution in [1.29, 1.82) is 0 Å². The molecule has 1 amide bonds. The Kier molecular flexibility index (Phi) is 1.88. The summed E-state index contributed by atoms with van der Waals surface area (Å²) in [4.78, 5) is 14.9. The van der Waals surface area contributed by atoms with Crippen LogP contribution in [0.2, 0.25) is 0 Å². The molecule has 0 bridgehead atoms. The highest BCUT2D eigenvalue weighted by Gasteiger charge is 2.24. The summed E-state index contributed by atoms with van der Waals surface area (Å²) >= 11 is 0. The highest BCUT2D eigenvalue weighted by Crippen LogP contribution is 2.19. The lowest BCUT2D eigenvalue weighted by atomic mass is 10.1. The van der Waals surface area contributed by atoms with Crippen LogP contribution in [0.25, 0.3) is 0 Å². The Morgan fingerprint density at radius 3 is 3.15 bits per heavy atom. The SMILES string of the molecule is Cc1ncccc1C1COC(=O)N1. The van der Waals surface area contributed by atoms with E-state index >= 15 is 0 Å². The van der Waals surface area contributed by atoms with Crippen molar-refractivity contribution in [1.82, 2.24) is 10.3 Å². The van der Waals surface area contributed by atoms with E-state index in [0.29, 0.717) is 6.61 Å². The lowest BCUT2D eigenvalue weighted by molar-refractivity contribution is 0.177. The molecule has 13 heavy (non-hydrogen) atoms. The zero-order valence-electron chi connectivity index (χ0n) is 7.28. The molecule has 4 heteroatoms. The summed E-state index contributed by atoms with van der Waals surface area (Å²) in [5.41, 5.74) is 1.95. The van der Waals surface area contributed by atoms with Gasteiger partial charge >= 0.3 is 6.09 Å². The molecule has 68 valence electrons. The van der Waals surface area contributed by atoms with Crippen LogP contribution in [0.3, 0.4) is 0 Å². The number of hydrogen-bond acceptors (Lipinski definition) is 3. The molecule has 4 nitrogen and oxygen atoms in total. The van der Waals surface area contributed by atoms with E-state index in [1.807, 2.05) is 19.1 Å². The second kappa shape index (κ2) is 3.05. The number of carbonyl (C=O) groups excluding carboxylic acids is 1. The van der Waals surface area contributed by atoms with Crippen LogP contribution in [-0.2, 0) is 4.74 Å². The van der Waals surface area contributed by atoms with Crippen molar-refractivity contribution in [2.75, 3.05) is 6.61 Å². The molecule has 1 unspecified atom stereocenters. The highest BCUT2D eigenvalue weighted by atomic mass is 16.6. The second-order valence-electron chi connectivity index (χ2n) is 2.97. The van der Waals surface area contributed by atoms with Gasteiger partial charge in [0.1, 0.15) is 6.61 Å². The molecule has 0 radical (unpaired) electrons. The number of hydrogen-bond donors (Lipinski definition) is 1. The molecule has 0 aliphatic carbocycles. The largest absolute Gasteiger partial charge is 0.447 e. The first kappa shape index (κ1) is 8.04. The molecule has 1 atom stereocenters. The van der Waals surface area contributed by atoms with E-state index in [9.17, 15) is 4.79 Å². The third-order valence-electron chi connectivity index (χ3n) is 2.10. The van der Waals surface area contributed by atoms with Crippen LogP contribution in [-0.4, -0.2) is 17.7 Å². The molecule has 0 aromatic carbocycles. The molecule has 1 aliphatic rings. The number of cyclic esters (lactones) is 1. The molecular weight excluding hydrogens is 168 g/mol. The predicted octanol–water partition coefficient (Wildman–Crippen LogP) is 1.17. The Hall–Kier alpha value is -1.58. The first-order chi connectivity index (χ1) is 6.27. The Bertz CT molecular complexity index is 338. The zero-order chi connectivity index (χ0) is 9.26. The Morgan fingerprint density at radius 2 is 2.54 bits per heavy atom. The second-order valence-corrected chi connectivity index (χ2v) is 2.97. The van der Waals surface area contributed by atoms with E-state index in [0.717, 1.165) is 11.3 Å². The predicted molar refractivity (Wildman–Crippen MR) is 46.2 cm³/mol. The maximum atomic E-state index is 10.8. The Balaban J connectivity index is 2.26. The number of pyridine rings is 1. The quantitative estimate of drug-likeness (QED) is 0.702. The van der Waals surface area contributed by atoms with Crippen LogP contribution in [0, 0.1) is 6.92 Å². The first-order valence-electron chi connectivity index (χ1n) is 4.12. The highest BCUT2D eigenvalue weighted by molar-refractivity contribution is 5.70. The van der Waals surface area contributed by atoms with Crippen LogP contribution in [0.15, 0.2) is 18.3 Å². The van der Waals surface area contributed by atoms with Gasteiger partial charge in [-0.3, -0.25) is 4.98 Å². The average Bonchev–Trinajstić information content (AvgIpc) is 2.53. The number of ether oxygens (including phenoxy) is 1. The van der Waals surface area contributed by atoms with Crippen LogP contribution in [0.1, 0.15) is 17.3 Å². The molecule has 1 aromatic heterocycles. The molecule has 1 aliphatic heterocycles. The number of aryl methyl sites for hydroxylation is 1. The van der Waals surface area contributed by atoms with Gasteiger partial charge in [0.2, 0.25) is 0 Å². The summed E-state index contributed by atoms with van der Waals surface area (Å²) in [5, 5.41) is 2.71. The van der Waals surface area contributed by atoms with Gasteiger partial charge < -0.3 is 10.1 Å². The molecule has 2 rings (SSSR count). The van der Waals surface area contributed by atoms with Crippen LogP contribution < -0.4 is 5.32 Å². The molecule has 2 heterocycles. The van der Waals surface area contributed by atoms with Crippen molar-refractivity contribution >= 4 is 6.09 Å². The molecule has 0 spiro atoms. The minimum atomic E-state index is -0.353. The minimum absolute atomic E-state index is 0.0406. The van der Waals surface area contributed by atoms with Gasteiger partial charge in [-0.15, -0.1) is 0 Å². The number of alkyl carbamates (subject to hydrolysis) is 1. The number of rotatable bonds is 1. The number of nitrogens with zero attached hydrogens (tertiary/aromatic N) is 1. The molecular formula is C9H10N2O2. The standard InChI is InChI=1S/C9H10N2O2/c1-6-7(3-2-4-10-6)8-5-13-9(12)11-8/h2-4,8H,5H2,1H3,(H,11,12). The van der Waals surface area contributed by atoms with Gasteiger partial charge in [-0.1, -0.05) is 6.07 Å². The van der Waals surface area contributed by atoms with E-state index < -0.39 is 0 Å². The van der Waals surface area contributed by atoms with Gasteiger partial charge in [0, 0.05) is 11.9 Å². The lowest BCUT2D eigenvalue weighted by Gasteiger charge is -2.09. The fraction of sp³-hybridized carbons (Fsp3) is 0.333. The van der Waals surface area contributed by atoms with Crippen molar-refractivity contribution in [3.8, 4) is 0 Å². The van der Waals surface area contributed by atoms with Gasteiger partial charge in [0.05, 0.1) is 6.04 Å². The molecule has 0 saturated carbocycles. The summed E-state index contributed by atoms with van der Waals surface area (Å²) in [6, 6.07) is 3.76. The fourth-order valence-corrected chi connectivity index (χ4v) is 1.42. The van der Waals surface area contributed by atoms with E-state index in [4.69, 9.17) is 4.74 Å². The van der Waals surface area contributed by atoms with E-state index in [1.165, 1.54) is 0 Å². The maximum absolute atomic E-state index is 10.8. The van der Waals surface area contributed by atoms with Gasteiger partial charge in [0.15, 0.2) is 0 Å². The third kappa shape index (κ3) is 1.47. The Morgan fingerprint density at radius 1 is 1.69 bits per heavy atom. The summed E-state index contributed by atoms with van der Waals surface area (Å²) in [7, 11) is 0. The summed E-state index contributed by atoms with van der Waals surface area (Å²) in [6.07, 6.45) is 1.38. The number of aromatic nitrogens is 1. The smallest absolute Gasteiger partial charge is 0.407 e. The van der Waals surface area contributed by atoms with Crippen molar-refractivity contribution in [2.45, 2.75) is 13.0 Å². The minimum Gasteiger partial charge on any atom is -0.447 e. The summed E-state index contributed by atoms with van der Waals surface area (Å²) in [5.74, 6) is 0. The zero-order valence-corrected chi connectivity index (χ0v) is 7.28. The first-order valence-corrected chi connectivity index (χ1v) is 4.12. The Labute approximate surface area is 75.9 Å². The molecule has 1 aromatic rings. The monoisotopic (exact) mass is 178 g/mol. The van der Waals surface area contributed by atoms with Gasteiger partial charge in [-0.25, -0.2) is 4.79 Å². The maximum Gasteiger partial charge on any atom is 0.407 e. The summed E-state index contributed by atoms with van der Waals surface area (Å²) < 4.78 is 4.80. The topological polar surface area (TPSA) is 51.2 Å². The summed E-state index contributed by atoms with van der Waals surface area (Å²) in [6.45, 7) is 2.31. The molecule has 1 saturated heterocycles. The van der Waals surface area contributed by atoms with Crippen molar-refractivity contribution < 1.29 is 9.53 Å². The fourth-order valence-electron chi connectivity index (χ4n) is 1.42. The number of carbonyl (C=O) groups is 1. The van der Waals surface area contributed by atoms with Crippen molar-refractivity contribution in [3.05, 3.63) is 29.6 Å². The number of amides is 1. The van der Waals surface area contributed by atoms with E-state index in [-0.39, 0.29) is 12.1 Å². The van der Waals surface area contributed by atoms with Crippen LogP contribution in [0.4, 0.5) is 4.79 Å². The van der Waals surface area contributed by atoms with E-state index in [2.05, 4.69) is 10.3 Å². The van der Waals surface area contributed by atoms with Crippen molar-refractivity contribution in [3.63, 3.8) is 0 Å². The van der Waals surface area contributed by atoms with Crippen LogP contribution in [0.5, 0.6) is 0 Å². The van der Waals surface area contributed by atoms with Gasteiger partial charge in [-0.05, 0) is 18.6 Å². The third-order valence-corrected chi connectivity index (χ3v) is 2.10. The molecule has 1 fully saturated rings. The van der Waals surface area contributed by atoms with Crippen molar-refractivity contribution in [2.24, 2.45) is 0 Å². The van der Waals surface area contributed by atoms with Gasteiger partial charge in [-0.2, -0.15) is 0 Å². The van der Waals surface area contributed by atoms with Gasteiger partial charge in [0.25, 0.3) is 0 Å².